The summed E-state index contributed by atoms with van der Waals surface area (Å²) >= 11 is 6.01. The van der Waals surface area contributed by atoms with Gasteiger partial charge in [-0.05, 0) is 36.1 Å². The van der Waals surface area contributed by atoms with Crippen molar-refractivity contribution in [3.8, 4) is 0 Å². The number of aromatic nitrogens is 2. The van der Waals surface area contributed by atoms with Crippen LogP contribution in [0, 0.1) is 11.3 Å². The molecule has 0 radical (unpaired) electrons. The minimum atomic E-state index is -1.09. The summed E-state index contributed by atoms with van der Waals surface area (Å²) in [5.74, 6) is -0.224. The van der Waals surface area contributed by atoms with Crippen LogP contribution in [-0.4, -0.2) is 57.5 Å². The molecule has 3 rings (SSSR count). The number of nitrogens with one attached hydrogen (secondary N) is 2. The molecule has 0 spiro atoms. The summed E-state index contributed by atoms with van der Waals surface area (Å²) in [4.78, 5) is 35.7. The van der Waals surface area contributed by atoms with Gasteiger partial charge >= 0.3 is 0 Å². The smallest absolute Gasteiger partial charge is 0.245 e. The minimum absolute atomic E-state index is 0.0394. The van der Waals surface area contributed by atoms with Crippen molar-refractivity contribution in [2.24, 2.45) is 11.3 Å². The lowest BCUT2D eigenvalue weighted by molar-refractivity contribution is -0.156. The third-order valence-electron chi connectivity index (χ3n) is 6.30. The molecule has 0 aliphatic carbocycles. The van der Waals surface area contributed by atoms with Crippen molar-refractivity contribution in [1.82, 2.24) is 20.2 Å². The van der Waals surface area contributed by atoms with Crippen LogP contribution in [0.1, 0.15) is 39.7 Å². The number of piperidine rings is 1. The van der Waals surface area contributed by atoms with Crippen molar-refractivity contribution in [1.29, 1.82) is 0 Å². The van der Waals surface area contributed by atoms with E-state index in [2.05, 4.69) is 20.6 Å². The van der Waals surface area contributed by atoms with Crippen molar-refractivity contribution in [2.45, 2.75) is 45.8 Å². The molecule has 2 atom stereocenters. The molecule has 1 aromatic carbocycles. The second kappa shape index (κ2) is 10.1. The predicted molar refractivity (Wildman–Crippen MR) is 128 cm³/mol. The van der Waals surface area contributed by atoms with E-state index in [4.69, 9.17) is 11.6 Å². The summed E-state index contributed by atoms with van der Waals surface area (Å²) in [6.45, 7) is 8.41. The van der Waals surface area contributed by atoms with Crippen LogP contribution in [0.15, 0.2) is 42.7 Å². The number of carbonyl (C=O) groups excluding carboxylic acids is 2. The van der Waals surface area contributed by atoms with Gasteiger partial charge in [0.2, 0.25) is 17.8 Å². The fraction of sp³-hybridized carbons (Fsp3) is 0.500. The van der Waals surface area contributed by atoms with Gasteiger partial charge in [0.1, 0.15) is 6.04 Å². The summed E-state index contributed by atoms with van der Waals surface area (Å²) in [6, 6.07) is 8.22. The first-order chi connectivity index (χ1) is 15.5. The van der Waals surface area contributed by atoms with Crippen LogP contribution >= 0.6 is 11.6 Å². The largest absolute Gasteiger partial charge is 0.384 e. The molecule has 33 heavy (non-hydrogen) atoms. The number of hydrogen-bond acceptors (Lipinski definition) is 6. The van der Waals surface area contributed by atoms with Crippen molar-refractivity contribution >= 4 is 29.4 Å². The van der Waals surface area contributed by atoms with Crippen LogP contribution in [-0.2, 0) is 15.2 Å². The second-order valence-electron chi connectivity index (χ2n) is 9.48. The molecule has 0 bridgehead atoms. The molecule has 178 valence electrons. The van der Waals surface area contributed by atoms with Gasteiger partial charge in [-0.15, -0.1) is 0 Å². The summed E-state index contributed by atoms with van der Waals surface area (Å²) in [5.41, 5.74) is -0.913. The number of rotatable bonds is 7. The lowest BCUT2D eigenvalue weighted by atomic mass is 9.66. The number of carbonyl (C=O) groups is 2. The highest BCUT2D eigenvalue weighted by Gasteiger charge is 2.50. The van der Waals surface area contributed by atoms with Crippen LogP contribution in [0.5, 0.6) is 0 Å². The van der Waals surface area contributed by atoms with E-state index in [-0.39, 0.29) is 24.3 Å². The van der Waals surface area contributed by atoms with Crippen LogP contribution in [0.2, 0.25) is 5.02 Å². The molecule has 1 aromatic heterocycles. The van der Waals surface area contributed by atoms with E-state index < -0.39 is 17.1 Å². The number of halogens is 1. The minimum Gasteiger partial charge on any atom is -0.384 e. The number of hydrogen-bond donors (Lipinski definition) is 3. The highest BCUT2D eigenvalue weighted by Crippen LogP contribution is 2.46. The Morgan fingerprint density at radius 1 is 1.18 bits per heavy atom. The van der Waals surface area contributed by atoms with Crippen molar-refractivity contribution in [2.75, 3.05) is 25.0 Å². The Morgan fingerprint density at radius 2 is 1.82 bits per heavy atom. The topological polar surface area (TPSA) is 107 Å². The Kier molecular flexibility index (Phi) is 7.59. The Morgan fingerprint density at radius 3 is 2.39 bits per heavy atom. The number of amides is 2. The SMILES string of the molecule is CC(C)[C@@H](NC(=O)CNc1ncccn1)C(=O)N1CC[C@](O)(c2ccc(Cl)cc2)C(C)(C)C1. The molecule has 3 N–H and O–H groups in total. The van der Waals surface area contributed by atoms with Gasteiger partial charge in [-0.3, -0.25) is 9.59 Å². The normalized spacial score (nSPS) is 20.9. The van der Waals surface area contributed by atoms with E-state index in [9.17, 15) is 14.7 Å². The number of aliphatic hydroxyl groups is 1. The van der Waals surface area contributed by atoms with Crippen molar-refractivity contribution < 1.29 is 14.7 Å². The molecule has 1 fully saturated rings. The van der Waals surface area contributed by atoms with Gasteiger partial charge in [0, 0.05) is 35.9 Å². The lowest BCUT2D eigenvalue weighted by Crippen LogP contribution is -2.60. The Bertz CT molecular complexity index is 968. The zero-order valence-corrected chi connectivity index (χ0v) is 20.3. The summed E-state index contributed by atoms with van der Waals surface area (Å²) < 4.78 is 0. The molecule has 1 aliphatic heterocycles. The van der Waals surface area contributed by atoms with Crippen molar-refractivity contribution in [3.63, 3.8) is 0 Å². The molecular weight excluding hydrogens is 442 g/mol. The van der Waals surface area contributed by atoms with E-state index >= 15 is 0 Å². The zero-order valence-electron chi connectivity index (χ0n) is 19.5. The van der Waals surface area contributed by atoms with Crippen LogP contribution < -0.4 is 10.6 Å². The number of benzene rings is 1. The maximum atomic E-state index is 13.4. The first kappa shape index (κ1) is 24.9. The maximum absolute atomic E-state index is 13.4. The molecule has 8 nitrogen and oxygen atoms in total. The second-order valence-corrected chi connectivity index (χ2v) is 9.91. The van der Waals surface area contributed by atoms with Gasteiger partial charge in [0.05, 0.1) is 12.1 Å². The summed E-state index contributed by atoms with van der Waals surface area (Å²) in [6.07, 6.45) is 3.55. The average molecular weight is 474 g/mol. The van der Waals surface area contributed by atoms with Crippen molar-refractivity contribution in [3.05, 3.63) is 53.3 Å². The van der Waals surface area contributed by atoms with Crippen LogP contribution in [0.3, 0.4) is 0 Å². The van der Waals surface area contributed by atoms with Gasteiger partial charge in [0.15, 0.2) is 0 Å². The molecule has 0 saturated carbocycles. The van der Waals surface area contributed by atoms with Crippen LogP contribution in [0.4, 0.5) is 5.95 Å². The fourth-order valence-electron chi connectivity index (χ4n) is 4.26. The third-order valence-corrected chi connectivity index (χ3v) is 6.56. The molecule has 1 aliphatic rings. The maximum Gasteiger partial charge on any atom is 0.245 e. The van der Waals surface area contributed by atoms with E-state index in [1.165, 1.54) is 0 Å². The van der Waals surface area contributed by atoms with E-state index in [1.807, 2.05) is 39.8 Å². The van der Waals surface area contributed by atoms with E-state index in [0.717, 1.165) is 5.56 Å². The molecular formula is C24H32ClN5O3. The van der Waals surface area contributed by atoms with Gasteiger partial charge in [-0.2, -0.15) is 0 Å². The number of likely N-dealkylation sites (tertiary alicyclic amines) is 1. The van der Waals surface area contributed by atoms with Gasteiger partial charge in [0.25, 0.3) is 0 Å². The molecule has 1 saturated heterocycles. The van der Waals surface area contributed by atoms with Crippen LogP contribution in [0.25, 0.3) is 0 Å². The highest BCUT2D eigenvalue weighted by atomic mass is 35.5. The first-order valence-corrected chi connectivity index (χ1v) is 11.5. The number of anilines is 1. The highest BCUT2D eigenvalue weighted by molar-refractivity contribution is 6.30. The van der Waals surface area contributed by atoms with Gasteiger partial charge in [-0.25, -0.2) is 9.97 Å². The molecule has 9 heteroatoms. The lowest BCUT2D eigenvalue weighted by Gasteiger charge is -2.51. The van der Waals surface area contributed by atoms with E-state index in [1.54, 1.807) is 35.5 Å². The molecule has 0 unspecified atom stereocenters. The zero-order chi connectivity index (χ0) is 24.2. The Balaban J connectivity index is 1.67. The molecule has 2 amide bonds. The predicted octanol–water partition coefficient (Wildman–Crippen LogP) is 2.83. The summed E-state index contributed by atoms with van der Waals surface area (Å²) in [7, 11) is 0. The standard InChI is InChI=1S/C24H32ClN5O3/c1-16(2)20(29-19(31)14-28-22-26-11-5-12-27-22)21(32)30-13-10-24(33,23(3,4)15-30)17-6-8-18(25)9-7-17/h5-9,11-12,16,20,33H,10,13-15H2,1-4H3,(H,29,31)(H,26,27,28)/t20-,24+/m1/s1. The summed E-state index contributed by atoms with van der Waals surface area (Å²) in [5, 5.41) is 17.9. The quantitative estimate of drug-likeness (QED) is 0.570. The third kappa shape index (κ3) is 5.62. The van der Waals surface area contributed by atoms with Gasteiger partial charge < -0.3 is 20.6 Å². The molecule has 2 aromatic rings. The van der Waals surface area contributed by atoms with Gasteiger partial charge in [-0.1, -0.05) is 51.4 Å². The Labute approximate surface area is 199 Å². The average Bonchev–Trinajstić information content (AvgIpc) is 2.78. The van der Waals surface area contributed by atoms with E-state index in [0.29, 0.717) is 30.5 Å². The fourth-order valence-corrected chi connectivity index (χ4v) is 4.38. The molecule has 2 heterocycles. The Hall–Kier alpha value is -2.71. The first-order valence-electron chi connectivity index (χ1n) is 11.1. The monoisotopic (exact) mass is 473 g/mol. The number of nitrogens with zero attached hydrogens (tertiary/aromatic N) is 3.